The Morgan fingerprint density at radius 2 is 2.33 bits per heavy atom. The van der Waals surface area contributed by atoms with Crippen LogP contribution in [0.5, 0.6) is 0 Å². The Labute approximate surface area is 90.9 Å². The average Bonchev–Trinajstić information content (AvgIpc) is 2.82. The van der Waals surface area contributed by atoms with E-state index in [1.165, 1.54) is 25.0 Å². The van der Waals surface area contributed by atoms with E-state index in [9.17, 15) is 0 Å². The third kappa shape index (κ3) is 1.59. The molecule has 0 amide bonds. The van der Waals surface area contributed by atoms with Gasteiger partial charge >= 0.3 is 0 Å². The van der Waals surface area contributed by atoms with Crippen LogP contribution in [-0.4, -0.2) is 22.6 Å². The van der Waals surface area contributed by atoms with Crippen molar-refractivity contribution in [2.45, 2.75) is 38.1 Å². The number of hydrogen-bond donors (Lipinski definition) is 1. The lowest BCUT2D eigenvalue weighted by molar-refractivity contribution is 0.210. The van der Waals surface area contributed by atoms with Gasteiger partial charge in [0.1, 0.15) is 0 Å². The minimum Gasteiger partial charge on any atom is -0.331 e. The Morgan fingerprint density at radius 1 is 1.47 bits per heavy atom. The average molecular weight is 205 g/mol. The highest BCUT2D eigenvalue weighted by Crippen LogP contribution is 2.39. The van der Waals surface area contributed by atoms with E-state index in [0.717, 1.165) is 25.0 Å². The van der Waals surface area contributed by atoms with E-state index in [1.54, 1.807) is 0 Å². The first kappa shape index (κ1) is 9.40. The number of nitrogens with zero attached hydrogens (tertiary/aromatic N) is 2. The van der Waals surface area contributed by atoms with Crippen molar-refractivity contribution < 1.29 is 0 Å². The highest BCUT2D eigenvalue weighted by molar-refractivity contribution is 5.11. The van der Waals surface area contributed by atoms with Crippen molar-refractivity contribution in [1.82, 2.24) is 14.9 Å². The van der Waals surface area contributed by atoms with Crippen LogP contribution >= 0.6 is 0 Å². The van der Waals surface area contributed by atoms with E-state index in [-0.39, 0.29) is 0 Å². The fourth-order valence-corrected chi connectivity index (χ4v) is 2.93. The zero-order valence-corrected chi connectivity index (χ0v) is 9.32. The van der Waals surface area contributed by atoms with Crippen LogP contribution in [0.25, 0.3) is 0 Å². The van der Waals surface area contributed by atoms with E-state index < -0.39 is 0 Å². The van der Waals surface area contributed by atoms with E-state index in [2.05, 4.69) is 28.0 Å². The van der Waals surface area contributed by atoms with Gasteiger partial charge < -0.3 is 9.88 Å². The number of aromatic nitrogens is 2. The van der Waals surface area contributed by atoms with Crippen molar-refractivity contribution in [3.63, 3.8) is 0 Å². The Kier molecular flexibility index (Phi) is 2.28. The maximum atomic E-state index is 4.33. The maximum Gasteiger partial charge on any atom is 0.0950 e. The third-order valence-corrected chi connectivity index (χ3v) is 3.92. The molecule has 1 aromatic heterocycles. The molecule has 0 aromatic carbocycles. The van der Waals surface area contributed by atoms with Gasteiger partial charge in [0.15, 0.2) is 0 Å². The number of rotatable bonds is 2. The summed E-state index contributed by atoms with van der Waals surface area (Å²) in [7, 11) is 0. The first-order valence-corrected chi connectivity index (χ1v) is 6.07. The molecule has 1 unspecified atom stereocenters. The molecule has 2 aliphatic rings. The number of imidazole rings is 1. The largest absolute Gasteiger partial charge is 0.331 e. The molecular formula is C12H19N3. The van der Waals surface area contributed by atoms with Crippen molar-refractivity contribution in [3.8, 4) is 0 Å². The zero-order chi connectivity index (χ0) is 10.3. The Morgan fingerprint density at radius 3 is 3.00 bits per heavy atom. The van der Waals surface area contributed by atoms with Crippen LogP contribution in [0.15, 0.2) is 12.5 Å². The summed E-state index contributed by atoms with van der Waals surface area (Å²) in [6.07, 6.45) is 8.05. The monoisotopic (exact) mass is 205 g/mol. The molecule has 1 aliphatic carbocycles. The molecule has 2 fully saturated rings. The first-order valence-electron chi connectivity index (χ1n) is 6.07. The smallest absolute Gasteiger partial charge is 0.0950 e. The summed E-state index contributed by atoms with van der Waals surface area (Å²) >= 11 is 0. The second-order valence-electron chi connectivity index (χ2n) is 5.15. The summed E-state index contributed by atoms with van der Waals surface area (Å²) in [6, 6.07) is 0.734. The molecule has 1 N–H and O–H groups in total. The minimum atomic E-state index is 0.698. The van der Waals surface area contributed by atoms with E-state index in [4.69, 9.17) is 0 Å². The van der Waals surface area contributed by atoms with Crippen molar-refractivity contribution in [3.05, 3.63) is 18.2 Å². The maximum absolute atomic E-state index is 4.33. The van der Waals surface area contributed by atoms with Crippen LogP contribution < -0.4 is 5.32 Å². The van der Waals surface area contributed by atoms with E-state index in [1.807, 2.05) is 6.33 Å². The van der Waals surface area contributed by atoms with Crippen molar-refractivity contribution in [2.75, 3.05) is 13.1 Å². The van der Waals surface area contributed by atoms with Gasteiger partial charge in [0.05, 0.1) is 6.33 Å². The van der Waals surface area contributed by atoms with E-state index in [0.29, 0.717) is 5.92 Å². The minimum absolute atomic E-state index is 0.698. The zero-order valence-electron chi connectivity index (χ0n) is 9.32. The molecule has 15 heavy (non-hydrogen) atoms. The third-order valence-electron chi connectivity index (χ3n) is 3.92. The van der Waals surface area contributed by atoms with Crippen molar-refractivity contribution >= 4 is 0 Å². The van der Waals surface area contributed by atoms with Crippen LogP contribution in [0.3, 0.4) is 0 Å². The number of nitrogens with one attached hydrogen (secondary N) is 1. The van der Waals surface area contributed by atoms with E-state index >= 15 is 0 Å². The van der Waals surface area contributed by atoms with Gasteiger partial charge in [0.25, 0.3) is 0 Å². The highest BCUT2D eigenvalue weighted by atomic mass is 15.1. The van der Waals surface area contributed by atoms with Crippen LogP contribution in [0, 0.1) is 5.92 Å². The molecule has 3 heteroatoms. The molecular weight excluding hydrogens is 186 g/mol. The molecule has 1 atom stereocenters. The summed E-state index contributed by atoms with van der Waals surface area (Å²) < 4.78 is 2.43. The van der Waals surface area contributed by atoms with Gasteiger partial charge in [0.2, 0.25) is 0 Å². The molecule has 2 heterocycles. The van der Waals surface area contributed by atoms with Gasteiger partial charge in [-0.2, -0.15) is 0 Å². The Bertz CT molecular complexity index is 332. The summed E-state index contributed by atoms with van der Waals surface area (Å²) in [4.78, 5) is 4.33. The Hall–Kier alpha value is -0.830. The summed E-state index contributed by atoms with van der Waals surface area (Å²) in [5.41, 5.74) is 1.46. The van der Waals surface area contributed by atoms with Gasteiger partial charge in [-0.1, -0.05) is 6.92 Å². The summed E-state index contributed by atoms with van der Waals surface area (Å²) in [5.74, 6) is 1.61. The van der Waals surface area contributed by atoms with Crippen LogP contribution in [0.2, 0.25) is 0 Å². The summed E-state index contributed by atoms with van der Waals surface area (Å²) in [5, 5.41) is 3.43. The quantitative estimate of drug-likeness (QED) is 0.799. The molecule has 3 rings (SSSR count). The molecule has 0 spiro atoms. The van der Waals surface area contributed by atoms with Gasteiger partial charge in [-0.25, -0.2) is 4.98 Å². The van der Waals surface area contributed by atoms with Crippen molar-refractivity contribution in [2.24, 2.45) is 5.92 Å². The van der Waals surface area contributed by atoms with Crippen LogP contribution in [0.1, 0.15) is 43.8 Å². The first-order chi connectivity index (χ1) is 7.34. The van der Waals surface area contributed by atoms with Crippen LogP contribution in [-0.2, 0) is 0 Å². The van der Waals surface area contributed by atoms with Crippen molar-refractivity contribution in [1.29, 1.82) is 0 Å². The second kappa shape index (κ2) is 3.63. The molecule has 1 aliphatic heterocycles. The topological polar surface area (TPSA) is 29.9 Å². The predicted molar refractivity (Wildman–Crippen MR) is 59.9 cm³/mol. The second-order valence-corrected chi connectivity index (χ2v) is 5.15. The van der Waals surface area contributed by atoms with Gasteiger partial charge in [-0.3, -0.25) is 0 Å². The molecule has 3 nitrogen and oxygen atoms in total. The fourth-order valence-electron chi connectivity index (χ4n) is 2.93. The summed E-state index contributed by atoms with van der Waals surface area (Å²) in [6.45, 7) is 4.63. The highest BCUT2D eigenvalue weighted by Gasteiger charge is 2.30. The molecule has 0 bridgehead atoms. The predicted octanol–water partition coefficient (Wildman–Crippen LogP) is 1.93. The molecule has 0 radical (unpaired) electrons. The molecule has 82 valence electrons. The SMILES string of the molecule is CC1CC(n2cncc2C2CCNC2)C1. The molecule has 1 saturated heterocycles. The van der Waals surface area contributed by atoms with Gasteiger partial charge in [0, 0.05) is 30.4 Å². The lowest BCUT2D eigenvalue weighted by Crippen LogP contribution is -2.26. The Balaban J connectivity index is 1.79. The molecule has 1 saturated carbocycles. The normalized spacial score (nSPS) is 35.4. The lowest BCUT2D eigenvalue weighted by atomic mass is 9.81. The van der Waals surface area contributed by atoms with Gasteiger partial charge in [-0.15, -0.1) is 0 Å². The molecule has 1 aromatic rings. The van der Waals surface area contributed by atoms with Crippen LogP contribution in [0.4, 0.5) is 0 Å². The standard InChI is InChI=1S/C12H19N3/c1-9-4-11(5-9)15-8-14-7-12(15)10-2-3-13-6-10/h7-11,13H,2-6H2,1H3. The van der Waals surface area contributed by atoms with Gasteiger partial charge in [-0.05, 0) is 31.7 Å². The lowest BCUT2D eigenvalue weighted by Gasteiger charge is -2.35. The fraction of sp³-hybridized carbons (Fsp3) is 0.750. The number of hydrogen-bond acceptors (Lipinski definition) is 2.